The molecule has 0 fully saturated rings. The van der Waals surface area contributed by atoms with Crippen LogP contribution < -0.4 is 0 Å². The van der Waals surface area contributed by atoms with E-state index in [0.29, 0.717) is 6.04 Å². The number of hydrogen-bond donors (Lipinski definition) is 0. The van der Waals surface area contributed by atoms with Crippen LogP contribution in [0.15, 0.2) is 42.6 Å². The number of rotatable bonds is 2. The smallest absolute Gasteiger partial charge is 0.108 e. The molecule has 1 aromatic carbocycles. The predicted octanol–water partition coefficient (Wildman–Crippen LogP) is 3.67. The van der Waals surface area contributed by atoms with Crippen molar-refractivity contribution in [3.8, 4) is 0 Å². The third-order valence-electron chi connectivity index (χ3n) is 4.15. The molecular formula is C16H17N3S. The van der Waals surface area contributed by atoms with Crippen LogP contribution in [-0.2, 0) is 13.1 Å². The fourth-order valence-electron chi connectivity index (χ4n) is 3.00. The minimum Gasteiger partial charge on any atom is -0.349 e. The van der Waals surface area contributed by atoms with Crippen LogP contribution in [0.3, 0.4) is 0 Å². The van der Waals surface area contributed by atoms with Crippen molar-refractivity contribution in [1.82, 2.24) is 14.5 Å². The van der Waals surface area contributed by atoms with Gasteiger partial charge in [-0.3, -0.25) is 4.90 Å². The molecule has 0 N–H and O–H groups in total. The van der Waals surface area contributed by atoms with Gasteiger partial charge in [-0.2, -0.15) is 0 Å². The highest BCUT2D eigenvalue weighted by Gasteiger charge is 2.24. The molecule has 0 aliphatic carbocycles. The maximum absolute atomic E-state index is 4.75. The number of para-hydroxylation sites is 1. The molecule has 102 valence electrons. The van der Waals surface area contributed by atoms with Gasteiger partial charge in [0.1, 0.15) is 5.01 Å². The number of hydrogen-bond acceptors (Lipinski definition) is 3. The first kappa shape index (κ1) is 12.1. The molecule has 3 nitrogen and oxygen atoms in total. The molecule has 2 aromatic heterocycles. The first-order valence-electron chi connectivity index (χ1n) is 7.05. The quantitative estimate of drug-likeness (QED) is 0.715. The Morgan fingerprint density at radius 1 is 1.20 bits per heavy atom. The van der Waals surface area contributed by atoms with Crippen molar-refractivity contribution in [2.24, 2.45) is 0 Å². The number of thiazole rings is 1. The zero-order valence-corrected chi connectivity index (χ0v) is 12.3. The Labute approximate surface area is 122 Å². The van der Waals surface area contributed by atoms with E-state index in [1.807, 2.05) is 11.3 Å². The van der Waals surface area contributed by atoms with E-state index in [1.54, 1.807) is 0 Å². The van der Waals surface area contributed by atoms with E-state index in [0.717, 1.165) is 25.2 Å². The van der Waals surface area contributed by atoms with Crippen molar-refractivity contribution < 1.29 is 0 Å². The molecular weight excluding hydrogens is 266 g/mol. The van der Waals surface area contributed by atoms with Crippen LogP contribution in [0.5, 0.6) is 0 Å². The molecule has 3 heterocycles. The molecule has 0 amide bonds. The molecule has 0 bridgehead atoms. The van der Waals surface area contributed by atoms with Gasteiger partial charge in [0.15, 0.2) is 0 Å². The van der Waals surface area contributed by atoms with E-state index < -0.39 is 0 Å². The number of nitrogens with zero attached hydrogens (tertiary/aromatic N) is 3. The van der Waals surface area contributed by atoms with E-state index >= 15 is 0 Å². The summed E-state index contributed by atoms with van der Waals surface area (Å²) in [5, 5.41) is 1.22. The highest BCUT2D eigenvalue weighted by atomic mass is 32.1. The summed E-state index contributed by atoms with van der Waals surface area (Å²) in [7, 11) is 0. The van der Waals surface area contributed by atoms with Gasteiger partial charge in [0, 0.05) is 31.0 Å². The van der Waals surface area contributed by atoms with Gasteiger partial charge in [-0.05, 0) is 31.2 Å². The minimum atomic E-state index is 0.464. The van der Waals surface area contributed by atoms with Gasteiger partial charge in [-0.25, -0.2) is 4.98 Å². The first-order valence-corrected chi connectivity index (χ1v) is 7.86. The Bertz CT molecular complexity index is 710. The average molecular weight is 283 g/mol. The van der Waals surface area contributed by atoms with E-state index in [4.69, 9.17) is 4.98 Å². The molecule has 0 saturated carbocycles. The van der Waals surface area contributed by atoms with Crippen molar-refractivity contribution in [2.75, 3.05) is 6.54 Å². The lowest BCUT2D eigenvalue weighted by atomic mass is 10.1. The van der Waals surface area contributed by atoms with Crippen LogP contribution in [0.25, 0.3) is 10.2 Å². The summed E-state index contributed by atoms with van der Waals surface area (Å²) in [6.45, 7) is 5.42. The summed E-state index contributed by atoms with van der Waals surface area (Å²) >= 11 is 1.82. The second-order valence-corrected chi connectivity index (χ2v) is 6.46. The Morgan fingerprint density at radius 2 is 2.10 bits per heavy atom. The monoisotopic (exact) mass is 283 g/mol. The zero-order valence-electron chi connectivity index (χ0n) is 11.5. The van der Waals surface area contributed by atoms with Crippen LogP contribution >= 0.6 is 11.3 Å². The second-order valence-electron chi connectivity index (χ2n) is 5.35. The summed E-state index contributed by atoms with van der Waals surface area (Å²) in [5.74, 6) is 0. The van der Waals surface area contributed by atoms with Crippen LogP contribution in [0, 0.1) is 0 Å². The molecule has 0 radical (unpaired) electrons. The molecule has 4 heteroatoms. The second kappa shape index (κ2) is 4.72. The van der Waals surface area contributed by atoms with E-state index in [9.17, 15) is 0 Å². The SMILES string of the molecule is C[C@@H]1c2cccn2CCN1Cc1nc2ccccc2s1. The third kappa shape index (κ3) is 1.96. The van der Waals surface area contributed by atoms with Gasteiger partial charge in [0.05, 0.1) is 16.8 Å². The summed E-state index contributed by atoms with van der Waals surface area (Å²) in [5.41, 5.74) is 2.54. The zero-order chi connectivity index (χ0) is 13.5. The van der Waals surface area contributed by atoms with Crippen LogP contribution in [0.1, 0.15) is 23.7 Å². The van der Waals surface area contributed by atoms with Gasteiger partial charge in [-0.15, -0.1) is 11.3 Å². The lowest BCUT2D eigenvalue weighted by Gasteiger charge is -2.34. The highest BCUT2D eigenvalue weighted by molar-refractivity contribution is 7.18. The fraction of sp³-hybridized carbons (Fsp3) is 0.312. The van der Waals surface area contributed by atoms with E-state index in [2.05, 4.69) is 59.0 Å². The standard InChI is InChI=1S/C16H17N3S/c1-12-14-6-4-8-18(14)9-10-19(12)11-16-17-13-5-2-3-7-15(13)20-16/h2-8,12H,9-11H2,1H3/t12-/m1/s1. The maximum atomic E-state index is 4.75. The first-order chi connectivity index (χ1) is 9.81. The van der Waals surface area contributed by atoms with Gasteiger partial charge in [0.25, 0.3) is 0 Å². The van der Waals surface area contributed by atoms with Gasteiger partial charge in [0.2, 0.25) is 0 Å². The topological polar surface area (TPSA) is 21.1 Å². The highest BCUT2D eigenvalue weighted by Crippen LogP contribution is 2.29. The van der Waals surface area contributed by atoms with E-state index in [1.165, 1.54) is 15.4 Å². The van der Waals surface area contributed by atoms with Gasteiger partial charge in [-0.1, -0.05) is 12.1 Å². The van der Waals surface area contributed by atoms with Crippen molar-refractivity contribution in [3.05, 3.63) is 53.3 Å². The lowest BCUT2D eigenvalue weighted by Crippen LogP contribution is -2.35. The minimum absolute atomic E-state index is 0.464. The van der Waals surface area contributed by atoms with Crippen molar-refractivity contribution >= 4 is 21.6 Å². The van der Waals surface area contributed by atoms with Crippen molar-refractivity contribution in [3.63, 3.8) is 0 Å². The van der Waals surface area contributed by atoms with Crippen LogP contribution in [0.4, 0.5) is 0 Å². The van der Waals surface area contributed by atoms with Crippen LogP contribution in [-0.4, -0.2) is 21.0 Å². The number of aromatic nitrogens is 2. The molecule has 20 heavy (non-hydrogen) atoms. The van der Waals surface area contributed by atoms with Gasteiger partial charge >= 0.3 is 0 Å². The third-order valence-corrected chi connectivity index (χ3v) is 5.17. The largest absolute Gasteiger partial charge is 0.349 e. The maximum Gasteiger partial charge on any atom is 0.108 e. The predicted molar refractivity (Wildman–Crippen MR) is 82.9 cm³/mol. The fourth-order valence-corrected chi connectivity index (χ4v) is 4.00. The number of benzene rings is 1. The Morgan fingerprint density at radius 3 is 3.00 bits per heavy atom. The molecule has 1 aliphatic rings. The van der Waals surface area contributed by atoms with Crippen molar-refractivity contribution in [1.29, 1.82) is 0 Å². The molecule has 0 unspecified atom stereocenters. The summed E-state index contributed by atoms with van der Waals surface area (Å²) in [4.78, 5) is 7.28. The molecule has 3 aromatic rings. The Hall–Kier alpha value is -1.65. The number of fused-ring (bicyclic) bond motifs is 2. The molecule has 4 rings (SSSR count). The Balaban J connectivity index is 1.60. The summed E-state index contributed by atoms with van der Waals surface area (Å²) in [6, 6.07) is 13.2. The van der Waals surface area contributed by atoms with E-state index in [-0.39, 0.29) is 0 Å². The summed E-state index contributed by atoms with van der Waals surface area (Å²) < 4.78 is 3.65. The average Bonchev–Trinajstić information content (AvgIpc) is 3.08. The molecule has 0 saturated heterocycles. The summed E-state index contributed by atoms with van der Waals surface area (Å²) in [6.07, 6.45) is 2.18. The Kier molecular flexibility index (Phi) is 2.86. The molecule has 0 spiro atoms. The lowest BCUT2D eigenvalue weighted by molar-refractivity contribution is 0.161. The van der Waals surface area contributed by atoms with Crippen molar-refractivity contribution in [2.45, 2.75) is 26.1 Å². The molecule has 1 atom stereocenters. The normalized spacial score (nSPS) is 19.4. The van der Waals surface area contributed by atoms with Crippen LogP contribution in [0.2, 0.25) is 0 Å². The molecule has 1 aliphatic heterocycles. The van der Waals surface area contributed by atoms with Gasteiger partial charge < -0.3 is 4.57 Å².